The first-order chi connectivity index (χ1) is 4.84. The summed E-state index contributed by atoms with van der Waals surface area (Å²) < 4.78 is 0. The number of nitriles is 1. The van der Waals surface area contributed by atoms with E-state index in [1.165, 1.54) is 0 Å². The third-order valence-electron chi connectivity index (χ3n) is 1.52. The minimum Gasteiger partial charge on any atom is -0.354 e. The Morgan fingerprint density at radius 2 is 2.60 bits per heavy atom. The van der Waals surface area contributed by atoms with Gasteiger partial charge in [0.25, 0.3) is 0 Å². The number of carbonyl (C=O) groups is 1. The Labute approximate surface area is 59.2 Å². The van der Waals surface area contributed by atoms with E-state index < -0.39 is 0 Å². The SMILES string of the molecule is N#CNC1CCCNC1=O. The molecule has 1 unspecified atom stereocenters. The van der Waals surface area contributed by atoms with E-state index in [0.29, 0.717) is 0 Å². The van der Waals surface area contributed by atoms with E-state index in [-0.39, 0.29) is 11.9 Å². The molecular weight excluding hydrogens is 130 g/mol. The van der Waals surface area contributed by atoms with Crippen LogP contribution in [0.2, 0.25) is 0 Å². The van der Waals surface area contributed by atoms with Crippen molar-refractivity contribution in [1.29, 1.82) is 5.26 Å². The molecule has 4 heteroatoms. The fourth-order valence-corrected chi connectivity index (χ4v) is 0.988. The zero-order valence-corrected chi connectivity index (χ0v) is 5.55. The van der Waals surface area contributed by atoms with Crippen molar-refractivity contribution in [2.45, 2.75) is 18.9 Å². The molecule has 54 valence electrons. The van der Waals surface area contributed by atoms with Crippen molar-refractivity contribution in [2.75, 3.05) is 6.54 Å². The number of piperidine rings is 1. The van der Waals surface area contributed by atoms with Gasteiger partial charge in [-0.1, -0.05) is 0 Å². The molecule has 1 atom stereocenters. The van der Waals surface area contributed by atoms with Gasteiger partial charge in [-0.3, -0.25) is 4.79 Å². The molecule has 0 aromatic carbocycles. The average molecular weight is 139 g/mol. The van der Waals surface area contributed by atoms with Crippen molar-refractivity contribution in [1.82, 2.24) is 10.6 Å². The second kappa shape index (κ2) is 3.06. The fraction of sp³-hybridized carbons (Fsp3) is 0.667. The van der Waals surface area contributed by atoms with Gasteiger partial charge in [-0.2, -0.15) is 5.26 Å². The van der Waals surface area contributed by atoms with E-state index in [9.17, 15) is 4.79 Å². The van der Waals surface area contributed by atoms with E-state index in [4.69, 9.17) is 5.26 Å². The minimum atomic E-state index is -0.293. The molecule has 4 nitrogen and oxygen atoms in total. The summed E-state index contributed by atoms with van der Waals surface area (Å²) in [6.45, 7) is 0.739. The lowest BCUT2D eigenvalue weighted by atomic mass is 10.1. The lowest BCUT2D eigenvalue weighted by molar-refractivity contribution is -0.124. The Hall–Kier alpha value is -1.24. The predicted octanol–water partition coefficient (Wildman–Crippen LogP) is -0.664. The van der Waals surface area contributed by atoms with Gasteiger partial charge in [-0.05, 0) is 12.8 Å². The smallest absolute Gasteiger partial charge is 0.243 e. The van der Waals surface area contributed by atoms with Crippen LogP contribution in [0.25, 0.3) is 0 Å². The minimum absolute atomic E-state index is 0.0622. The number of amides is 1. The number of nitrogens with zero attached hydrogens (tertiary/aromatic N) is 1. The molecule has 0 bridgehead atoms. The highest BCUT2D eigenvalue weighted by atomic mass is 16.2. The first-order valence-electron chi connectivity index (χ1n) is 3.27. The van der Waals surface area contributed by atoms with Crippen LogP contribution in [-0.2, 0) is 4.79 Å². The topological polar surface area (TPSA) is 64.9 Å². The van der Waals surface area contributed by atoms with Gasteiger partial charge >= 0.3 is 0 Å². The van der Waals surface area contributed by atoms with Crippen LogP contribution in [-0.4, -0.2) is 18.5 Å². The molecule has 1 aliphatic heterocycles. The molecule has 0 aromatic heterocycles. The van der Waals surface area contributed by atoms with Crippen molar-refractivity contribution in [3.8, 4) is 6.19 Å². The molecule has 1 heterocycles. The lowest BCUT2D eigenvalue weighted by Gasteiger charge is -2.19. The van der Waals surface area contributed by atoms with E-state index in [1.807, 2.05) is 0 Å². The van der Waals surface area contributed by atoms with Crippen LogP contribution in [0, 0.1) is 11.5 Å². The van der Waals surface area contributed by atoms with Gasteiger partial charge in [-0.15, -0.1) is 0 Å². The molecule has 0 aliphatic carbocycles. The summed E-state index contributed by atoms with van der Waals surface area (Å²) in [6.07, 6.45) is 3.47. The number of nitrogens with one attached hydrogen (secondary N) is 2. The lowest BCUT2D eigenvalue weighted by Crippen LogP contribution is -2.46. The molecule has 1 aliphatic rings. The van der Waals surface area contributed by atoms with Crippen LogP contribution in [0.4, 0.5) is 0 Å². The molecule has 1 amide bonds. The molecule has 0 aromatic rings. The zero-order chi connectivity index (χ0) is 7.40. The van der Waals surface area contributed by atoms with Gasteiger partial charge in [0, 0.05) is 6.54 Å². The molecule has 0 radical (unpaired) electrons. The highest BCUT2D eigenvalue weighted by Crippen LogP contribution is 2.01. The maximum atomic E-state index is 10.9. The van der Waals surface area contributed by atoms with Gasteiger partial charge in [0.1, 0.15) is 6.04 Å². The third-order valence-corrected chi connectivity index (χ3v) is 1.52. The highest BCUT2D eigenvalue weighted by Gasteiger charge is 2.20. The number of carbonyl (C=O) groups excluding carboxylic acids is 1. The molecule has 1 rings (SSSR count). The quantitative estimate of drug-likeness (QED) is 0.374. The van der Waals surface area contributed by atoms with Crippen molar-refractivity contribution >= 4 is 5.91 Å². The summed E-state index contributed by atoms with van der Waals surface area (Å²) in [5.41, 5.74) is 0. The molecule has 0 spiro atoms. The summed E-state index contributed by atoms with van der Waals surface area (Å²) in [6, 6.07) is -0.293. The van der Waals surface area contributed by atoms with Crippen LogP contribution in [0.5, 0.6) is 0 Å². The zero-order valence-electron chi connectivity index (χ0n) is 5.55. The second-order valence-electron chi connectivity index (χ2n) is 2.24. The Balaban J connectivity index is 2.42. The van der Waals surface area contributed by atoms with Crippen LogP contribution >= 0.6 is 0 Å². The van der Waals surface area contributed by atoms with Gasteiger partial charge < -0.3 is 10.6 Å². The van der Waals surface area contributed by atoms with Crippen molar-refractivity contribution in [2.24, 2.45) is 0 Å². The van der Waals surface area contributed by atoms with E-state index >= 15 is 0 Å². The summed E-state index contributed by atoms with van der Waals surface area (Å²) >= 11 is 0. The molecule has 1 fully saturated rings. The fourth-order valence-electron chi connectivity index (χ4n) is 0.988. The number of rotatable bonds is 1. The number of hydrogen-bond acceptors (Lipinski definition) is 3. The predicted molar refractivity (Wildman–Crippen MR) is 34.8 cm³/mol. The van der Waals surface area contributed by atoms with Gasteiger partial charge in [0.05, 0.1) is 0 Å². The molecule has 0 saturated carbocycles. The van der Waals surface area contributed by atoms with E-state index in [0.717, 1.165) is 19.4 Å². The van der Waals surface area contributed by atoms with Crippen LogP contribution < -0.4 is 10.6 Å². The second-order valence-corrected chi connectivity index (χ2v) is 2.24. The molecule has 10 heavy (non-hydrogen) atoms. The largest absolute Gasteiger partial charge is 0.354 e. The normalized spacial score (nSPS) is 24.7. The third kappa shape index (κ3) is 1.38. The van der Waals surface area contributed by atoms with Gasteiger partial charge in [0.2, 0.25) is 5.91 Å². The molecule has 1 saturated heterocycles. The van der Waals surface area contributed by atoms with Crippen molar-refractivity contribution in [3.63, 3.8) is 0 Å². The van der Waals surface area contributed by atoms with E-state index in [1.54, 1.807) is 6.19 Å². The Kier molecular flexibility index (Phi) is 2.11. The van der Waals surface area contributed by atoms with Gasteiger partial charge in [-0.25, -0.2) is 0 Å². The Bertz CT molecular complexity index is 172. The summed E-state index contributed by atoms with van der Waals surface area (Å²) in [5, 5.41) is 13.3. The molecular formula is C6H9N3O. The summed E-state index contributed by atoms with van der Waals surface area (Å²) in [7, 11) is 0. The Morgan fingerprint density at radius 1 is 1.80 bits per heavy atom. The summed E-state index contributed by atoms with van der Waals surface area (Å²) in [5.74, 6) is -0.0622. The first kappa shape index (κ1) is 6.87. The van der Waals surface area contributed by atoms with Crippen molar-refractivity contribution in [3.05, 3.63) is 0 Å². The highest BCUT2D eigenvalue weighted by molar-refractivity contribution is 5.82. The van der Waals surface area contributed by atoms with Crippen molar-refractivity contribution < 1.29 is 4.79 Å². The monoisotopic (exact) mass is 139 g/mol. The van der Waals surface area contributed by atoms with Crippen LogP contribution in [0.3, 0.4) is 0 Å². The van der Waals surface area contributed by atoms with Gasteiger partial charge in [0.15, 0.2) is 6.19 Å². The van der Waals surface area contributed by atoms with Crippen LogP contribution in [0.1, 0.15) is 12.8 Å². The molecule has 2 N–H and O–H groups in total. The maximum absolute atomic E-state index is 10.9. The van der Waals surface area contributed by atoms with Crippen LogP contribution in [0.15, 0.2) is 0 Å². The first-order valence-corrected chi connectivity index (χ1v) is 3.27. The maximum Gasteiger partial charge on any atom is 0.243 e. The Morgan fingerprint density at radius 3 is 3.20 bits per heavy atom. The number of hydrogen-bond donors (Lipinski definition) is 2. The van der Waals surface area contributed by atoms with E-state index in [2.05, 4.69) is 10.6 Å². The summed E-state index contributed by atoms with van der Waals surface area (Å²) in [4.78, 5) is 10.9. The average Bonchev–Trinajstić information content (AvgIpc) is 1.94. The standard InChI is InChI=1S/C6H9N3O/c7-4-9-5-2-1-3-8-6(5)10/h5,9H,1-3H2,(H,8,10).